The number of aliphatic hydroxyl groups is 1. The lowest BCUT2D eigenvalue weighted by Gasteiger charge is -2.22. The van der Waals surface area contributed by atoms with Crippen LogP contribution in [0.15, 0.2) is 42.6 Å². The van der Waals surface area contributed by atoms with E-state index in [-0.39, 0.29) is 18.4 Å². The molecule has 5 heteroatoms. The molecular formula is C19H24N2O3. The van der Waals surface area contributed by atoms with Gasteiger partial charge in [0.05, 0.1) is 13.7 Å². The van der Waals surface area contributed by atoms with Crippen LogP contribution in [0.25, 0.3) is 0 Å². The van der Waals surface area contributed by atoms with Crippen molar-refractivity contribution in [3.63, 3.8) is 0 Å². The van der Waals surface area contributed by atoms with Crippen molar-refractivity contribution in [1.82, 2.24) is 4.98 Å². The van der Waals surface area contributed by atoms with Crippen LogP contribution in [-0.2, 0) is 4.79 Å². The third-order valence-electron chi connectivity index (χ3n) is 3.83. The van der Waals surface area contributed by atoms with E-state index in [9.17, 15) is 9.90 Å². The van der Waals surface area contributed by atoms with E-state index < -0.39 is 5.41 Å². The molecule has 5 nitrogen and oxygen atoms in total. The second-order valence-corrected chi connectivity index (χ2v) is 6.65. The molecule has 0 bridgehead atoms. The molecule has 0 saturated heterocycles. The molecular weight excluding hydrogens is 304 g/mol. The molecule has 0 fully saturated rings. The summed E-state index contributed by atoms with van der Waals surface area (Å²) in [7, 11) is 1.61. The number of rotatable bonds is 5. The van der Waals surface area contributed by atoms with Crippen LogP contribution in [0, 0.1) is 5.41 Å². The van der Waals surface area contributed by atoms with Gasteiger partial charge in [-0.3, -0.25) is 4.79 Å². The van der Waals surface area contributed by atoms with E-state index in [1.807, 2.05) is 51.1 Å². The van der Waals surface area contributed by atoms with E-state index in [1.165, 1.54) is 0 Å². The minimum absolute atomic E-state index is 0.0869. The second kappa shape index (κ2) is 7.45. The van der Waals surface area contributed by atoms with Gasteiger partial charge in [-0.2, -0.15) is 0 Å². The molecule has 2 N–H and O–H groups in total. The molecule has 1 amide bonds. The fraction of sp³-hybridized carbons (Fsp3) is 0.368. The Bertz CT molecular complexity index is 691. The maximum Gasteiger partial charge on any atom is 0.230 e. The van der Waals surface area contributed by atoms with Crippen LogP contribution in [0.2, 0.25) is 0 Å². The summed E-state index contributed by atoms with van der Waals surface area (Å²) < 4.78 is 5.17. The molecule has 1 aromatic carbocycles. The Morgan fingerprint density at radius 3 is 2.46 bits per heavy atom. The summed E-state index contributed by atoms with van der Waals surface area (Å²) in [5.74, 6) is 0.837. The van der Waals surface area contributed by atoms with Crippen LogP contribution in [-0.4, -0.2) is 29.7 Å². The Balaban J connectivity index is 2.36. The van der Waals surface area contributed by atoms with Crippen molar-refractivity contribution in [2.24, 2.45) is 5.41 Å². The van der Waals surface area contributed by atoms with Crippen molar-refractivity contribution in [3.05, 3.63) is 53.7 Å². The van der Waals surface area contributed by atoms with Crippen LogP contribution in [0.4, 0.5) is 5.82 Å². The first-order valence-electron chi connectivity index (χ1n) is 7.88. The summed E-state index contributed by atoms with van der Waals surface area (Å²) in [6.07, 6.45) is 1.63. The molecule has 128 valence electrons. The topological polar surface area (TPSA) is 71.5 Å². The van der Waals surface area contributed by atoms with Crippen LogP contribution in [0.5, 0.6) is 5.75 Å². The van der Waals surface area contributed by atoms with Crippen LogP contribution < -0.4 is 10.1 Å². The Morgan fingerprint density at radius 2 is 1.92 bits per heavy atom. The lowest BCUT2D eigenvalue weighted by molar-refractivity contribution is -0.123. The number of anilines is 1. The average Bonchev–Trinajstić information content (AvgIpc) is 2.56. The van der Waals surface area contributed by atoms with Crippen molar-refractivity contribution >= 4 is 11.7 Å². The molecule has 0 aliphatic rings. The first kappa shape index (κ1) is 17.9. The van der Waals surface area contributed by atoms with Gasteiger partial charge in [0, 0.05) is 23.1 Å². The lowest BCUT2D eigenvalue weighted by Crippen LogP contribution is -2.29. The van der Waals surface area contributed by atoms with Crippen molar-refractivity contribution in [2.75, 3.05) is 19.0 Å². The van der Waals surface area contributed by atoms with Gasteiger partial charge in [0.2, 0.25) is 5.91 Å². The molecule has 0 aliphatic heterocycles. The average molecular weight is 328 g/mol. The van der Waals surface area contributed by atoms with E-state index >= 15 is 0 Å². The van der Waals surface area contributed by atoms with Crippen LogP contribution >= 0.6 is 0 Å². The highest BCUT2D eigenvalue weighted by atomic mass is 16.5. The molecule has 1 aromatic heterocycles. The minimum atomic E-state index is -0.524. The maximum atomic E-state index is 12.3. The highest BCUT2D eigenvalue weighted by Gasteiger charge is 2.24. The zero-order valence-electron chi connectivity index (χ0n) is 14.5. The molecule has 2 aromatic rings. The van der Waals surface area contributed by atoms with E-state index in [0.717, 1.165) is 16.9 Å². The van der Waals surface area contributed by atoms with Crippen molar-refractivity contribution in [1.29, 1.82) is 0 Å². The molecule has 0 radical (unpaired) electrons. The summed E-state index contributed by atoms with van der Waals surface area (Å²) >= 11 is 0. The molecule has 0 aliphatic carbocycles. The van der Waals surface area contributed by atoms with Gasteiger partial charge in [-0.1, -0.05) is 39.0 Å². The van der Waals surface area contributed by atoms with E-state index in [2.05, 4.69) is 10.3 Å². The van der Waals surface area contributed by atoms with Gasteiger partial charge in [0.25, 0.3) is 0 Å². The smallest absolute Gasteiger partial charge is 0.230 e. The number of nitrogens with zero attached hydrogens (tertiary/aromatic N) is 1. The summed E-state index contributed by atoms with van der Waals surface area (Å²) in [4.78, 5) is 16.6. The zero-order valence-corrected chi connectivity index (χ0v) is 14.5. The number of amides is 1. The Kier molecular flexibility index (Phi) is 5.57. The number of hydrogen-bond donors (Lipinski definition) is 2. The number of ether oxygens (including phenoxy) is 1. The predicted molar refractivity (Wildman–Crippen MR) is 94.2 cm³/mol. The van der Waals surface area contributed by atoms with Gasteiger partial charge in [0.1, 0.15) is 11.6 Å². The first-order chi connectivity index (χ1) is 11.4. The highest BCUT2D eigenvalue weighted by molar-refractivity contribution is 5.94. The summed E-state index contributed by atoms with van der Waals surface area (Å²) in [6.45, 7) is 5.45. The number of aliphatic hydroxyl groups excluding tert-OH is 1. The van der Waals surface area contributed by atoms with E-state index in [4.69, 9.17) is 4.74 Å². The van der Waals surface area contributed by atoms with Gasteiger partial charge in [-0.15, -0.1) is 0 Å². The maximum absolute atomic E-state index is 12.3. The monoisotopic (exact) mass is 328 g/mol. The van der Waals surface area contributed by atoms with Gasteiger partial charge < -0.3 is 15.2 Å². The summed E-state index contributed by atoms with van der Waals surface area (Å²) in [5.41, 5.74) is 1.18. The molecule has 0 spiro atoms. The number of carbonyl (C=O) groups is 1. The van der Waals surface area contributed by atoms with Gasteiger partial charge in [-0.05, 0) is 23.8 Å². The normalized spacial score (nSPS) is 12.5. The second-order valence-electron chi connectivity index (χ2n) is 6.65. The van der Waals surface area contributed by atoms with E-state index in [0.29, 0.717) is 5.82 Å². The predicted octanol–water partition coefficient (Wildman–Crippen LogP) is 3.20. The number of pyridine rings is 1. The number of hydrogen-bond acceptors (Lipinski definition) is 4. The number of benzene rings is 1. The largest absolute Gasteiger partial charge is 0.497 e. The zero-order chi connectivity index (χ0) is 17.7. The van der Waals surface area contributed by atoms with E-state index in [1.54, 1.807) is 19.4 Å². The van der Waals surface area contributed by atoms with Crippen molar-refractivity contribution in [3.8, 4) is 5.75 Å². The van der Waals surface area contributed by atoms with Gasteiger partial charge >= 0.3 is 0 Å². The van der Waals surface area contributed by atoms with Gasteiger partial charge in [-0.25, -0.2) is 4.98 Å². The number of methoxy groups -OCH3 is 1. The van der Waals surface area contributed by atoms with Crippen LogP contribution in [0.3, 0.4) is 0 Å². The van der Waals surface area contributed by atoms with Crippen molar-refractivity contribution in [2.45, 2.75) is 26.7 Å². The summed E-state index contributed by atoms with van der Waals surface area (Å²) in [5, 5.41) is 12.8. The third-order valence-corrected chi connectivity index (χ3v) is 3.83. The number of carbonyl (C=O) groups excluding carboxylic acids is 1. The van der Waals surface area contributed by atoms with Crippen molar-refractivity contribution < 1.29 is 14.6 Å². The molecule has 2 rings (SSSR count). The summed E-state index contributed by atoms with van der Waals surface area (Å²) in [6, 6.07) is 11.2. The SMILES string of the molecule is COc1ccc(C(CO)c2cccnc2NC(=O)C(C)(C)C)cc1. The minimum Gasteiger partial charge on any atom is -0.497 e. The molecule has 24 heavy (non-hydrogen) atoms. The Hall–Kier alpha value is -2.40. The van der Waals surface area contributed by atoms with Gasteiger partial charge in [0.15, 0.2) is 0 Å². The standard InChI is InChI=1S/C19H24N2O3/c1-19(2,3)18(23)21-17-15(6-5-11-20-17)16(12-22)13-7-9-14(24-4)10-8-13/h5-11,16,22H,12H2,1-4H3,(H,20,21,23). The Morgan fingerprint density at radius 1 is 1.25 bits per heavy atom. The first-order valence-corrected chi connectivity index (χ1v) is 7.88. The highest BCUT2D eigenvalue weighted by Crippen LogP contribution is 2.30. The fourth-order valence-electron chi connectivity index (χ4n) is 2.32. The fourth-order valence-corrected chi connectivity index (χ4v) is 2.32. The number of aromatic nitrogens is 1. The van der Waals surface area contributed by atoms with Crippen LogP contribution in [0.1, 0.15) is 37.8 Å². The molecule has 0 saturated carbocycles. The third kappa shape index (κ3) is 4.11. The quantitative estimate of drug-likeness (QED) is 0.884. The Labute approximate surface area is 142 Å². The molecule has 1 atom stereocenters. The molecule has 1 unspecified atom stereocenters. The lowest BCUT2D eigenvalue weighted by atomic mass is 9.91. The number of nitrogens with one attached hydrogen (secondary N) is 1. The molecule has 1 heterocycles.